The van der Waals surface area contributed by atoms with Gasteiger partial charge in [-0.1, -0.05) is 0 Å². The van der Waals surface area contributed by atoms with E-state index in [-0.39, 0.29) is 5.91 Å². The third kappa shape index (κ3) is 4.57. The Balaban J connectivity index is 1.55. The highest BCUT2D eigenvalue weighted by molar-refractivity contribution is 5.75. The molecule has 1 amide bonds. The summed E-state index contributed by atoms with van der Waals surface area (Å²) in [5.74, 6) is 0.619. The molecule has 1 fully saturated rings. The molecule has 0 aliphatic carbocycles. The summed E-state index contributed by atoms with van der Waals surface area (Å²) in [5, 5.41) is 15.3. The van der Waals surface area contributed by atoms with Crippen molar-refractivity contribution in [1.82, 2.24) is 24.6 Å². The van der Waals surface area contributed by atoms with Gasteiger partial charge in [0.15, 0.2) is 0 Å². The number of aliphatic hydroxyl groups is 1. The molecule has 2 aromatic heterocycles. The van der Waals surface area contributed by atoms with Gasteiger partial charge in [-0.15, -0.1) is 0 Å². The number of aromatic nitrogens is 4. The fourth-order valence-electron chi connectivity index (χ4n) is 3.39. The zero-order valence-corrected chi connectivity index (χ0v) is 15.4. The van der Waals surface area contributed by atoms with Gasteiger partial charge in [-0.05, 0) is 31.9 Å². The predicted octanol–water partition coefficient (Wildman–Crippen LogP) is 0.862. The van der Waals surface area contributed by atoms with E-state index in [2.05, 4.69) is 15.1 Å². The summed E-state index contributed by atoms with van der Waals surface area (Å²) in [6.07, 6.45) is 7.12. The van der Waals surface area contributed by atoms with Crippen molar-refractivity contribution in [3.05, 3.63) is 36.4 Å². The second kappa shape index (κ2) is 7.82. The molecular formula is C18H26N6O2. The SMILES string of the molecule is Cc1ccn(CCC(=O)N(C)C[C@]2(O)CCCN(c3ncccn3)C2)n1. The fraction of sp³-hybridized carbons (Fsp3) is 0.556. The molecule has 140 valence electrons. The molecule has 0 bridgehead atoms. The van der Waals surface area contributed by atoms with E-state index >= 15 is 0 Å². The first-order valence-electron chi connectivity index (χ1n) is 8.94. The van der Waals surface area contributed by atoms with Crippen LogP contribution in [0.1, 0.15) is 25.0 Å². The number of hydrogen-bond acceptors (Lipinski definition) is 6. The smallest absolute Gasteiger partial charge is 0.225 e. The lowest BCUT2D eigenvalue weighted by Crippen LogP contribution is -2.55. The van der Waals surface area contributed by atoms with Gasteiger partial charge in [-0.3, -0.25) is 9.48 Å². The van der Waals surface area contributed by atoms with E-state index in [1.807, 2.05) is 24.1 Å². The highest BCUT2D eigenvalue weighted by Gasteiger charge is 2.36. The number of nitrogens with zero attached hydrogens (tertiary/aromatic N) is 6. The average molecular weight is 358 g/mol. The number of β-amino-alcohol motifs (C(OH)–C–C–N with tert-alkyl or cyclic N) is 1. The number of carbonyl (C=O) groups is 1. The van der Waals surface area contributed by atoms with Crippen LogP contribution in [0.15, 0.2) is 30.7 Å². The third-order valence-electron chi connectivity index (χ3n) is 4.68. The minimum atomic E-state index is -0.954. The number of hydrogen-bond donors (Lipinski definition) is 1. The van der Waals surface area contributed by atoms with Gasteiger partial charge in [-0.25, -0.2) is 9.97 Å². The summed E-state index contributed by atoms with van der Waals surface area (Å²) in [7, 11) is 1.74. The number of rotatable bonds is 6. The van der Waals surface area contributed by atoms with Crippen LogP contribution in [-0.4, -0.2) is 67.9 Å². The summed E-state index contributed by atoms with van der Waals surface area (Å²) < 4.78 is 1.77. The molecule has 8 heteroatoms. The third-order valence-corrected chi connectivity index (χ3v) is 4.68. The molecule has 0 unspecified atom stereocenters. The van der Waals surface area contributed by atoms with Gasteiger partial charge in [0, 0.05) is 45.1 Å². The molecule has 3 rings (SSSR count). The number of carbonyl (C=O) groups excluding carboxylic acids is 1. The molecule has 0 aromatic carbocycles. The maximum absolute atomic E-state index is 12.4. The molecule has 0 saturated carbocycles. The zero-order chi connectivity index (χ0) is 18.6. The molecule has 1 N–H and O–H groups in total. The van der Waals surface area contributed by atoms with Crippen molar-refractivity contribution in [3.63, 3.8) is 0 Å². The Bertz CT molecular complexity index is 734. The van der Waals surface area contributed by atoms with Gasteiger partial charge >= 0.3 is 0 Å². The Morgan fingerprint density at radius 2 is 2.15 bits per heavy atom. The highest BCUT2D eigenvalue weighted by atomic mass is 16.3. The topological polar surface area (TPSA) is 87.4 Å². The molecule has 0 spiro atoms. The number of likely N-dealkylation sites (N-methyl/N-ethyl adjacent to an activating group) is 1. The van der Waals surface area contributed by atoms with Crippen molar-refractivity contribution in [3.8, 4) is 0 Å². The molecule has 1 atom stereocenters. The van der Waals surface area contributed by atoms with E-state index in [9.17, 15) is 9.90 Å². The first-order valence-corrected chi connectivity index (χ1v) is 8.94. The Morgan fingerprint density at radius 3 is 2.85 bits per heavy atom. The Morgan fingerprint density at radius 1 is 1.38 bits per heavy atom. The van der Waals surface area contributed by atoms with Crippen LogP contribution in [0.4, 0.5) is 5.95 Å². The van der Waals surface area contributed by atoms with E-state index in [0.29, 0.717) is 38.4 Å². The molecule has 1 saturated heterocycles. The van der Waals surface area contributed by atoms with E-state index in [4.69, 9.17) is 0 Å². The van der Waals surface area contributed by atoms with E-state index in [0.717, 1.165) is 18.7 Å². The second-order valence-corrected chi connectivity index (χ2v) is 7.02. The van der Waals surface area contributed by atoms with Gasteiger partial charge in [-0.2, -0.15) is 5.10 Å². The van der Waals surface area contributed by atoms with Gasteiger partial charge in [0.25, 0.3) is 0 Å². The van der Waals surface area contributed by atoms with E-state index < -0.39 is 5.60 Å². The van der Waals surface area contributed by atoms with Crippen LogP contribution in [0.25, 0.3) is 0 Å². The van der Waals surface area contributed by atoms with Crippen LogP contribution in [0.2, 0.25) is 0 Å². The predicted molar refractivity (Wildman–Crippen MR) is 97.6 cm³/mol. The lowest BCUT2D eigenvalue weighted by atomic mass is 9.92. The summed E-state index contributed by atoms with van der Waals surface area (Å²) in [4.78, 5) is 24.5. The van der Waals surface area contributed by atoms with Crippen LogP contribution in [0, 0.1) is 6.92 Å². The number of aryl methyl sites for hydroxylation is 2. The van der Waals surface area contributed by atoms with Gasteiger partial charge in [0.2, 0.25) is 11.9 Å². The molecule has 1 aliphatic rings. The normalized spacial score (nSPS) is 20.2. The van der Waals surface area contributed by atoms with Crippen molar-refractivity contribution >= 4 is 11.9 Å². The maximum atomic E-state index is 12.4. The summed E-state index contributed by atoms with van der Waals surface area (Å²) in [6, 6.07) is 3.69. The van der Waals surface area contributed by atoms with Crippen LogP contribution in [0.3, 0.4) is 0 Å². The van der Waals surface area contributed by atoms with Crippen molar-refractivity contribution in [1.29, 1.82) is 0 Å². The van der Waals surface area contributed by atoms with Crippen LogP contribution in [0.5, 0.6) is 0 Å². The molecule has 8 nitrogen and oxygen atoms in total. The lowest BCUT2D eigenvalue weighted by molar-refractivity contribution is -0.133. The van der Waals surface area contributed by atoms with E-state index in [1.54, 1.807) is 35.1 Å². The van der Waals surface area contributed by atoms with Gasteiger partial charge < -0.3 is 14.9 Å². The fourth-order valence-corrected chi connectivity index (χ4v) is 3.39. The van der Waals surface area contributed by atoms with Crippen molar-refractivity contribution in [2.45, 2.75) is 38.3 Å². The first-order chi connectivity index (χ1) is 12.5. The molecule has 3 heterocycles. The Kier molecular flexibility index (Phi) is 5.51. The molecule has 1 aliphatic heterocycles. The summed E-state index contributed by atoms with van der Waals surface area (Å²) >= 11 is 0. The summed E-state index contributed by atoms with van der Waals surface area (Å²) in [5.41, 5.74) is -0.0185. The minimum absolute atomic E-state index is 0.000312. The molecular weight excluding hydrogens is 332 g/mol. The second-order valence-electron chi connectivity index (χ2n) is 7.02. The maximum Gasteiger partial charge on any atom is 0.225 e. The lowest BCUT2D eigenvalue weighted by Gasteiger charge is -2.41. The average Bonchev–Trinajstić information content (AvgIpc) is 3.05. The zero-order valence-electron chi connectivity index (χ0n) is 15.4. The van der Waals surface area contributed by atoms with Gasteiger partial charge in [0.05, 0.1) is 24.4 Å². The van der Waals surface area contributed by atoms with Crippen LogP contribution in [-0.2, 0) is 11.3 Å². The number of amides is 1. The van der Waals surface area contributed by atoms with E-state index in [1.165, 1.54) is 0 Å². The number of piperidine rings is 1. The highest BCUT2D eigenvalue weighted by Crippen LogP contribution is 2.24. The van der Waals surface area contributed by atoms with Crippen LogP contribution < -0.4 is 4.90 Å². The standard InChI is InChI=1S/C18H26N6O2/c1-15-5-11-24(21-15)12-6-16(25)22(2)13-18(26)7-3-10-23(14-18)17-19-8-4-9-20-17/h4-5,8-9,11,26H,3,6-7,10,12-14H2,1-2H3/t18-/m1/s1. The summed E-state index contributed by atoms with van der Waals surface area (Å²) in [6.45, 7) is 3.99. The van der Waals surface area contributed by atoms with Crippen molar-refractivity contribution in [2.24, 2.45) is 0 Å². The largest absolute Gasteiger partial charge is 0.386 e. The molecule has 0 radical (unpaired) electrons. The first kappa shape index (κ1) is 18.3. The monoisotopic (exact) mass is 358 g/mol. The minimum Gasteiger partial charge on any atom is -0.386 e. The quantitative estimate of drug-likeness (QED) is 0.824. The van der Waals surface area contributed by atoms with Gasteiger partial charge in [0.1, 0.15) is 0 Å². The van der Waals surface area contributed by atoms with Crippen LogP contribution >= 0.6 is 0 Å². The Labute approximate surface area is 153 Å². The molecule has 26 heavy (non-hydrogen) atoms. The Hall–Kier alpha value is -2.48. The van der Waals surface area contributed by atoms with Crippen molar-refractivity contribution < 1.29 is 9.90 Å². The molecule has 2 aromatic rings. The number of anilines is 1. The van der Waals surface area contributed by atoms with Crippen molar-refractivity contribution in [2.75, 3.05) is 31.6 Å².